The first-order valence-corrected chi connectivity index (χ1v) is 8.63. The highest BCUT2D eigenvalue weighted by Crippen LogP contribution is 2.24. The lowest BCUT2D eigenvalue weighted by molar-refractivity contribution is 0.251. The van der Waals surface area contributed by atoms with Gasteiger partial charge in [0.25, 0.3) is 0 Å². The molecule has 124 valence electrons. The van der Waals surface area contributed by atoms with Crippen molar-refractivity contribution in [2.45, 2.75) is 6.61 Å². The number of furan rings is 1. The van der Waals surface area contributed by atoms with Crippen molar-refractivity contribution in [3.63, 3.8) is 0 Å². The summed E-state index contributed by atoms with van der Waals surface area (Å²) in [5.41, 5.74) is 6.66. The molecule has 2 heterocycles. The Kier molecular flexibility index (Phi) is 4.28. The van der Waals surface area contributed by atoms with Crippen LogP contribution in [-0.2, 0) is 6.61 Å². The van der Waals surface area contributed by atoms with Gasteiger partial charge in [-0.25, -0.2) is 4.98 Å². The normalized spacial score (nSPS) is 11.4. The van der Waals surface area contributed by atoms with Crippen LogP contribution in [0.25, 0.3) is 22.2 Å². The van der Waals surface area contributed by atoms with Gasteiger partial charge in [0.2, 0.25) is 5.13 Å². The third-order valence-electron chi connectivity index (χ3n) is 3.69. The molecule has 4 rings (SSSR count). The largest absolute Gasteiger partial charge is 0.459 e. The summed E-state index contributed by atoms with van der Waals surface area (Å²) >= 11 is 1.51. The molecule has 0 aliphatic heterocycles. The summed E-state index contributed by atoms with van der Waals surface area (Å²) in [7, 11) is 0. The van der Waals surface area contributed by atoms with E-state index in [1.54, 1.807) is 6.21 Å². The van der Waals surface area contributed by atoms with Gasteiger partial charge in [-0.2, -0.15) is 5.10 Å². The number of aliphatic hydroxyl groups excluding tert-OH is 1. The Bertz CT molecular complexity index is 1020. The first-order valence-electron chi connectivity index (χ1n) is 7.75. The molecule has 0 unspecified atom stereocenters. The van der Waals surface area contributed by atoms with Crippen LogP contribution >= 0.6 is 11.3 Å². The van der Waals surface area contributed by atoms with Gasteiger partial charge in [-0.3, -0.25) is 5.43 Å². The smallest absolute Gasteiger partial charge is 0.203 e. The van der Waals surface area contributed by atoms with Crippen molar-refractivity contribution >= 4 is 33.7 Å². The minimum absolute atomic E-state index is 0.104. The third kappa shape index (κ3) is 3.45. The fraction of sp³-hybridized carbons (Fsp3) is 0.0526. The molecule has 25 heavy (non-hydrogen) atoms. The third-order valence-corrected chi connectivity index (χ3v) is 4.44. The van der Waals surface area contributed by atoms with E-state index in [9.17, 15) is 0 Å². The van der Waals surface area contributed by atoms with Crippen LogP contribution in [0.5, 0.6) is 0 Å². The van der Waals surface area contributed by atoms with Gasteiger partial charge in [-0.15, -0.1) is 11.3 Å². The zero-order chi connectivity index (χ0) is 17.1. The molecule has 2 N–H and O–H groups in total. The molecule has 0 bridgehead atoms. The van der Waals surface area contributed by atoms with Crippen LogP contribution < -0.4 is 5.43 Å². The fourth-order valence-corrected chi connectivity index (χ4v) is 3.17. The molecule has 0 aliphatic rings. The Labute approximate surface area is 148 Å². The van der Waals surface area contributed by atoms with Crippen LogP contribution in [0.4, 0.5) is 5.13 Å². The van der Waals surface area contributed by atoms with Crippen molar-refractivity contribution in [2.75, 3.05) is 5.43 Å². The van der Waals surface area contributed by atoms with Crippen LogP contribution in [-0.4, -0.2) is 16.3 Å². The van der Waals surface area contributed by atoms with Gasteiger partial charge in [0.15, 0.2) is 0 Å². The predicted molar refractivity (Wildman–Crippen MR) is 101 cm³/mol. The zero-order valence-corrected chi connectivity index (χ0v) is 14.0. The second-order valence-electron chi connectivity index (χ2n) is 5.44. The van der Waals surface area contributed by atoms with Crippen LogP contribution in [0.15, 0.2) is 69.5 Å². The van der Waals surface area contributed by atoms with Crippen molar-refractivity contribution in [1.82, 2.24) is 4.98 Å². The summed E-state index contributed by atoms with van der Waals surface area (Å²) in [6.45, 7) is -0.104. The van der Waals surface area contributed by atoms with E-state index < -0.39 is 0 Å². The summed E-state index contributed by atoms with van der Waals surface area (Å²) in [6, 6.07) is 17.6. The minimum Gasteiger partial charge on any atom is -0.459 e. The molecule has 0 radical (unpaired) electrons. The highest BCUT2D eigenvalue weighted by atomic mass is 32.1. The zero-order valence-electron chi connectivity index (χ0n) is 13.2. The van der Waals surface area contributed by atoms with E-state index in [4.69, 9.17) is 9.52 Å². The Balaban J connectivity index is 1.47. The molecule has 4 aromatic rings. The minimum atomic E-state index is -0.104. The average Bonchev–Trinajstić information content (AvgIpc) is 3.28. The second-order valence-corrected chi connectivity index (χ2v) is 6.30. The maximum Gasteiger partial charge on any atom is 0.203 e. The van der Waals surface area contributed by atoms with Crippen molar-refractivity contribution < 1.29 is 9.52 Å². The Morgan fingerprint density at radius 3 is 2.88 bits per heavy atom. The van der Waals surface area contributed by atoms with Gasteiger partial charge in [0.1, 0.15) is 18.0 Å². The summed E-state index contributed by atoms with van der Waals surface area (Å²) in [5.74, 6) is 0.554. The van der Waals surface area contributed by atoms with E-state index in [1.807, 2.05) is 60.0 Å². The van der Waals surface area contributed by atoms with E-state index in [2.05, 4.69) is 15.5 Å². The number of hydrazone groups is 1. The molecule has 2 aromatic heterocycles. The van der Waals surface area contributed by atoms with Crippen LogP contribution in [0.1, 0.15) is 11.3 Å². The Morgan fingerprint density at radius 1 is 1.16 bits per heavy atom. The summed E-state index contributed by atoms with van der Waals surface area (Å²) < 4.78 is 5.47. The van der Waals surface area contributed by atoms with Gasteiger partial charge in [0, 0.05) is 16.3 Å². The molecule has 6 heteroatoms. The summed E-state index contributed by atoms with van der Waals surface area (Å²) in [4.78, 5) is 4.53. The number of anilines is 1. The first-order chi connectivity index (χ1) is 12.3. The lowest BCUT2D eigenvalue weighted by Gasteiger charge is -1.96. The monoisotopic (exact) mass is 349 g/mol. The highest BCUT2D eigenvalue weighted by Gasteiger charge is 2.04. The molecular formula is C19H15N3O2S. The van der Waals surface area contributed by atoms with Crippen LogP contribution in [0.2, 0.25) is 0 Å². The molecule has 5 nitrogen and oxygen atoms in total. The molecule has 0 atom stereocenters. The van der Waals surface area contributed by atoms with E-state index in [0.29, 0.717) is 5.76 Å². The number of hydrogen-bond donors (Lipinski definition) is 2. The lowest BCUT2D eigenvalue weighted by Crippen LogP contribution is -1.90. The summed E-state index contributed by atoms with van der Waals surface area (Å²) in [5, 5.41) is 17.0. The van der Waals surface area contributed by atoms with E-state index in [-0.39, 0.29) is 6.61 Å². The number of rotatable bonds is 5. The maximum atomic E-state index is 9.12. The average molecular weight is 349 g/mol. The standard InChI is InChI=1S/C19H15N3O2S/c23-11-16-9-15-8-13(6-7-18(15)24-16)10-20-22-19-21-17(12-25-19)14-4-2-1-3-5-14/h1-10,12,23H,11H2,(H,21,22). The molecule has 2 aromatic carbocycles. The fourth-order valence-electron chi connectivity index (χ4n) is 2.50. The number of benzene rings is 2. The van der Waals surface area contributed by atoms with Gasteiger partial charge in [-0.1, -0.05) is 30.3 Å². The number of hydrogen-bond acceptors (Lipinski definition) is 6. The van der Waals surface area contributed by atoms with Gasteiger partial charge in [0.05, 0.1) is 11.9 Å². The highest BCUT2D eigenvalue weighted by molar-refractivity contribution is 7.14. The van der Waals surface area contributed by atoms with Gasteiger partial charge >= 0.3 is 0 Å². The number of aromatic nitrogens is 1. The molecule has 0 saturated carbocycles. The van der Waals surface area contributed by atoms with Crippen LogP contribution in [0, 0.1) is 0 Å². The van der Waals surface area contributed by atoms with Crippen molar-refractivity contribution in [3.8, 4) is 11.3 Å². The molecule has 0 amide bonds. The Morgan fingerprint density at radius 2 is 2.04 bits per heavy atom. The number of nitrogens with one attached hydrogen (secondary N) is 1. The van der Waals surface area contributed by atoms with Crippen molar-refractivity contribution in [3.05, 3.63) is 71.3 Å². The van der Waals surface area contributed by atoms with E-state index >= 15 is 0 Å². The lowest BCUT2D eigenvalue weighted by atomic mass is 10.2. The first kappa shape index (κ1) is 15.6. The quantitative estimate of drug-likeness (QED) is 0.411. The molecule has 0 aliphatic carbocycles. The molecule has 0 fully saturated rings. The summed E-state index contributed by atoms with van der Waals surface area (Å²) in [6.07, 6.45) is 1.73. The van der Waals surface area contributed by atoms with Gasteiger partial charge in [-0.05, 0) is 29.8 Å². The number of thiazole rings is 1. The predicted octanol–water partition coefficient (Wildman–Crippen LogP) is 4.49. The van der Waals surface area contributed by atoms with E-state index in [1.165, 1.54) is 11.3 Å². The van der Waals surface area contributed by atoms with Crippen molar-refractivity contribution in [2.24, 2.45) is 5.10 Å². The van der Waals surface area contributed by atoms with Crippen LogP contribution in [0.3, 0.4) is 0 Å². The maximum absolute atomic E-state index is 9.12. The number of nitrogens with zero attached hydrogens (tertiary/aromatic N) is 2. The number of aliphatic hydroxyl groups is 1. The Hall–Kier alpha value is -2.96. The second kappa shape index (κ2) is 6.88. The van der Waals surface area contributed by atoms with E-state index in [0.717, 1.165) is 32.9 Å². The molecule has 0 saturated heterocycles. The topological polar surface area (TPSA) is 70.7 Å². The SMILES string of the molecule is OCc1cc2cc(C=NNc3nc(-c4ccccc4)cs3)ccc2o1. The molecule has 0 spiro atoms. The van der Waals surface area contributed by atoms with Gasteiger partial charge < -0.3 is 9.52 Å². The molecular weight excluding hydrogens is 334 g/mol. The number of fused-ring (bicyclic) bond motifs is 1. The van der Waals surface area contributed by atoms with Crippen molar-refractivity contribution in [1.29, 1.82) is 0 Å².